The summed E-state index contributed by atoms with van der Waals surface area (Å²) in [7, 11) is 0. The van der Waals surface area contributed by atoms with Gasteiger partial charge in [0.2, 0.25) is 0 Å². The summed E-state index contributed by atoms with van der Waals surface area (Å²) in [5.41, 5.74) is 1.16. The van der Waals surface area contributed by atoms with Crippen LogP contribution in [-0.4, -0.2) is 28.7 Å². The van der Waals surface area contributed by atoms with E-state index in [1.807, 2.05) is 18.4 Å². The second-order valence-corrected chi connectivity index (χ2v) is 4.79. The molecular formula is C11H15NO4S. The second kappa shape index (κ2) is 6.36. The van der Waals surface area contributed by atoms with Gasteiger partial charge in [-0.3, -0.25) is 9.59 Å². The molecule has 5 nitrogen and oxygen atoms in total. The lowest BCUT2D eigenvalue weighted by molar-refractivity contribution is -0.148. The van der Waals surface area contributed by atoms with Crippen LogP contribution in [0.3, 0.4) is 0 Å². The summed E-state index contributed by atoms with van der Waals surface area (Å²) < 4.78 is 0. The second-order valence-electron chi connectivity index (χ2n) is 3.79. The van der Waals surface area contributed by atoms with Crippen molar-refractivity contribution in [3.63, 3.8) is 0 Å². The molecule has 0 radical (unpaired) electrons. The number of aliphatic carboxylic acids is 2. The van der Waals surface area contributed by atoms with E-state index in [0.29, 0.717) is 6.54 Å². The zero-order chi connectivity index (χ0) is 12.8. The molecule has 6 heteroatoms. The molecule has 0 aliphatic carbocycles. The Kier molecular flexibility index (Phi) is 5.11. The number of hydrogen-bond donors (Lipinski definition) is 3. The minimum Gasteiger partial charge on any atom is -0.481 e. The summed E-state index contributed by atoms with van der Waals surface area (Å²) in [5, 5.41) is 22.4. The van der Waals surface area contributed by atoms with Crippen LogP contribution in [0.25, 0.3) is 0 Å². The molecule has 0 amide bonds. The summed E-state index contributed by atoms with van der Waals surface area (Å²) in [6.45, 7) is 2.73. The normalized spacial score (nSPS) is 12.3. The van der Waals surface area contributed by atoms with Crippen LogP contribution in [0.5, 0.6) is 0 Å². The molecule has 0 bridgehead atoms. The lowest BCUT2D eigenvalue weighted by Gasteiger charge is -2.10. The number of carboxylic acid groups (broad SMARTS) is 2. The molecule has 1 aromatic heterocycles. The van der Waals surface area contributed by atoms with Crippen LogP contribution in [0.4, 0.5) is 0 Å². The third kappa shape index (κ3) is 4.54. The largest absolute Gasteiger partial charge is 0.481 e. The van der Waals surface area contributed by atoms with E-state index in [4.69, 9.17) is 10.2 Å². The minimum absolute atomic E-state index is 0.166. The number of thiophene rings is 1. The first-order valence-electron chi connectivity index (χ1n) is 5.19. The van der Waals surface area contributed by atoms with Crippen molar-refractivity contribution >= 4 is 23.3 Å². The number of hydrogen-bond acceptors (Lipinski definition) is 4. The summed E-state index contributed by atoms with van der Waals surface area (Å²) in [4.78, 5) is 22.4. The smallest absolute Gasteiger partial charge is 0.308 e. The van der Waals surface area contributed by atoms with E-state index in [1.54, 1.807) is 11.3 Å². The van der Waals surface area contributed by atoms with E-state index >= 15 is 0 Å². The highest BCUT2D eigenvalue weighted by molar-refractivity contribution is 7.10. The van der Waals surface area contributed by atoms with E-state index in [2.05, 4.69) is 5.32 Å². The van der Waals surface area contributed by atoms with Gasteiger partial charge in [0, 0.05) is 18.0 Å². The van der Waals surface area contributed by atoms with Crippen LogP contribution in [0.1, 0.15) is 16.9 Å². The maximum absolute atomic E-state index is 10.8. The van der Waals surface area contributed by atoms with E-state index in [0.717, 1.165) is 10.4 Å². The highest BCUT2D eigenvalue weighted by atomic mass is 32.1. The lowest BCUT2D eigenvalue weighted by Crippen LogP contribution is -2.30. The SMILES string of the molecule is Cc1ccsc1CNCC(CC(=O)O)C(=O)O. The third-order valence-corrected chi connectivity index (χ3v) is 3.44. The fourth-order valence-electron chi connectivity index (χ4n) is 1.40. The lowest BCUT2D eigenvalue weighted by atomic mass is 10.1. The highest BCUT2D eigenvalue weighted by Crippen LogP contribution is 2.15. The zero-order valence-electron chi connectivity index (χ0n) is 9.47. The van der Waals surface area contributed by atoms with Crippen molar-refractivity contribution in [2.24, 2.45) is 5.92 Å². The van der Waals surface area contributed by atoms with Crippen molar-refractivity contribution in [2.75, 3.05) is 6.54 Å². The molecule has 3 N–H and O–H groups in total. The molecule has 0 saturated carbocycles. The van der Waals surface area contributed by atoms with Gasteiger partial charge < -0.3 is 15.5 Å². The van der Waals surface area contributed by atoms with Gasteiger partial charge in [0.25, 0.3) is 0 Å². The Morgan fingerprint density at radius 3 is 2.65 bits per heavy atom. The van der Waals surface area contributed by atoms with Gasteiger partial charge in [-0.1, -0.05) is 0 Å². The molecule has 0 fully saturated rings. The Hall–Kier alpha value is -1.40. The molecule has 0 aromatic carbocycles. The summed E-state index contributed by atoms with van der Waals surface area (Å²) in [6.07, 6.45) is -0.355. The van der Waals surface area contributed by atoms with Crippen LogP contribution in [-0.2, 0) is 16.1 Å². The standard InChI is InChI=1S/C11H15NO4S/c1-7-2-3-17-9(7)6-12-5-8(11(15)16)4-10(13)14/h2-3,8,12H,4-6H2,1H3,(H,13,14)(H,15,16). The Morgan fingerprint density at radius 1 is 1.47 bits per heavy atom. The van der Waals surface area contributed by atoms with Gasteiger partial charge in [-0.25, -0.2) is 0 Å². The van der Waals surface area contributed by atoms with Gasteiger partial charge in [0.05, 0.1) is 12.3 Å². The van der Waals surface area contributed by atoms with E-state index in [9.17, 15) is 9.59 Å². The topological polar surface area (TPSA) is 86.6 Å². The number of carbonyl (C=O) groups is 2. The minimum atomic E-state index is -1.09. The van der Waals surface area contributed by atoms with E-state index in [-0.39, 0.29) is 13.0 Å². The van der Waals surface area contributed by atoms with Gasteiger partial charge in [-0.15, -0.1) is 11.3 Å². The summed E-state index contributed by atoms with van der Waals surface area (Å²) in [6, 6.07) is 1.99. The number of carboxylic acids is 2. The predicted molar refractivity (Wildman–Crippen MR) is 64.1 cm³/mol. The fraction of sp³-hybridized carbons (Fsp3) is 0.455. The number of aryl methyl sites for hydroxylation is 1. The van der Waals surface area contributed by atoms with Gasteiger partial charge in [0.1, 0.15) is 0 Å². The molecule has 0 spiro atoms. The molecule has 94 valence electrons. The Labute approximate surface area is 103 Å². The van der Waals surface area contributed by atoms with Crippen LogP contribution in [0.2, 0.25) is 0 Å². The molecule has 0 aliphatic rings. The Balaban J connectivity index is 2.40. The van der Waals surface area contributed by atoms with Gasteiger partial charge in [-0.05, 0) is 23.9 Å². The average molecular weight is 257 g/mol. The first-order valence-corrected chi connectivity index (χ1v) is 6.07. The van der Waals surface area contributed by atoms with Crippen LogP contribution in [0, 0.1) is 12.8 Å². The van der Waals surface area contributed by atoms with Crippen molar-refractivity contribution in [1.82, 2.24) is 5.32 Å². The average Bonchev–Trinajstić information content (AvgIpc) is 2.62. The molecule has 17 heavy (non-hydrogen) atoms. The van der Waals surface area contributed by atoms with E-state index in [1.165, 1.54) is 0 Å². The molecular weight excluding hydrogens is 242 g/mol. The Bertz CT molecular complexity index is 402. The molecule has 1 unspecified atom stereocenters. The summed E-state index contributed by atoms with van der Waals surface area (Å²) in [5.74, 6) is -3.05. The zero-order valence-corrected chi connectivity index (χ0v) is 10.3. The van der Waals surface area contributed by atoms with Crippen molar-refractivity contribution in [3.8, 4) is 0 Å². The quantitative estimate of drug-likeness (QED) is 0.686. The summed E-state index contributed by atoms with van der Waals surface area (Å²) >= 11 is 1.60. The van der Waals surface area contributed by atoms with Gasteiger partial charge in [0.15, 0.2) is 0 Å². The highest BCUT2D eigenvalue weighted by Gasteiger charge is 2.20. The van der Waals surface area contributed by atoms with Gasteiger partial charge in [-0.2, -0.15) is 0 Å². The third-order valence-electron chi connectivity index (χ3n) is 2.41. The van der Waals surface area contributed by atoms with Crippen molar-refractivity contribution in [2.45, 2.75) is 19.9 Å². The Morgan fingerprint density at radius 2 is 2.18 bits per heavy atom. The maximum atomic E-state index is 10.8. The van der Waals surface area contributed by atoms with Crippen LogP contribution in [0.15, 0.2) is 11.4 Å². The molecule has 0 saturated heterocycles. The van der Waals surface area contributed by atoms with E-state index < -0.39 is 17.9 Å². The number of rotatable bonds is 7. The van der Waals surface area contributed by atoms with Crippen LogP contribution < -0.4 is 5.32 Å². The number of nitrogens with one attached hydrogen (secondary N) is 1. The van der Waals surface area contributed by atoms with Crippen LogP contribution >= 0.6 is 11.3 Å². The predicted octanol–water partition coefficient (Wildman–Crippen LogP) is 1.32. The maximum Gasteiger partial charge on any atom is 0.308 e. The molecule has 1 atom stereocenters. The van der Waals surface area contributed by atoms with Gasteiger partial charge >= 0.3 is 11.9 Å². The fourth-order valence-corrected chi connectivity index (χ4v) is 2.28. The first-order chi connectivity index (χ1) is 8.00. The van der Waals surface area contributed by atoms with Crippen molar-refractivity contribution in [3.05, 3.63) is 21.9 Å². The molecule has 1 aromatic rings. The van der Waals surface area contributed by atoms with Crippen molar-refractivity contribution in [1.29, 1.82) is 0 Å². The monoisotopic (exact) mass is 257 g/mol. The first kappa shape index (κ1) is 13.7. The molecule has 1 rings (SSSR count). The van der Waals surface area contributed by atoms with Crippen molar-refractivity contribution < 1.29 is 19.8 Å². The molecule has 1 heterocycles. The molecule has 0 aliphatic heterocycles.